The molecule has 1 aliphatic carbocycles. The minimum absolute atomic E-state index is 0.153. The van der Waals surface area contributed by atoms with E-state index in [-0.39, 0.29) is 17.7 Å². The van der Waals surface area contributed by atoms with Crippen LogP contribution in [0.4, 0.5) is 0 Å². The van der Waals surface area contributed by atoms with Crippen LogP contribution in [0, 0.1) is 5.92 Å². The third kappa shape index (κ3) is 3.21. The first-order valence-corrected chi connectivity index (χ1v) is 8.59. The molecule has 0 aromatic carbocycles. The predicted octanol–water partition coefficient (Wildman–Crippen LogP) is 2.90. The second kappa shape index (κ2) is 6.60. The van der Waals surface area contributed by atoms with Gasteiger partial charge in [0.2, 0.25) is 5.91 Å². The van der Waals surface area contributed by atoms with E-state index < -0.39 is 5.97 Å². The molecule has 1 N–H and O–H groups in total. The van der Waals surface area contributed by atoms with Gasteiger partial charge in [0.15, 0.2) is 0 Å². The van der Waals surface area contributed by atoms with Crippen LogP contribution in [0.15, 0.2) is 18.3 Å². The molecule has 0 radical (unpaired) electrons. The van der Waals surface area contributed by atoms with Crippen molar-refractivity contribution < 1.29 is 14.7 Å². The highest BCUT2D eigenvalue weighted by atomic mass is 32.1. The zero-order chi connectivity index (χ0) is 15.5. The predicted molar refractivity (Wildman–Crippen MR) is 84.1 cm³/mol. The maximum Gasteiger partial charge on any atom is 0.347 e. The summed E-state index contributed by atoms with van der Waals surface area (Å²) in [5.41, 5.74) is 0. The molecule has 1 saturated heterocycles. The zero-order valence-electron chi connectivity index (χ0n) is 12.4. The second-order valence-electron chi connectivity index (χ2n) is 5.95. The van der Waals surface area contributed by atoms with Gasteiger partial charge in [0.05, 0.1) is 11.2 Å². The number of thiazole rings is 1. The average Bonchev–Trinajstić information content (AvgIpc) is 3.05. The van der Waals surface area contributed by atoms with Crippen molar-refractivity contribution in [3.05, 3.63) is 28.2 Å². The number of hydrogen-bond donors (Lipinski definition) is 1. The van der Waals surface area contributed by atoms with Gasteiger partial charge in [-0.1, -0.05) is 12.2 Å². The zero-order valence-corrected chi connectivity index (χ0v) is 13.2. The Morgan fingerprint density at radius 2 is 2.00 bits per heavy atom. The van der Waals surface area contributed by atoms with Crippen LogP contribution in [0.2, 0.25) is 0 Å². The van der Waals surface area contributed by atoms with E-state index in [0.717, 1.165) is 50.2 Å². The highest BCUT2D eigenvalue weighted by Crippen LogP contribution is 2.32. The minimum atomic E-state index is -0.915. The number of aromatic nitrogens is 1. The molecular formula is C16H20N2O3S. The van der Waals surface area contributed by atoms with E-state index in [1.165, 1.54) is 17.5 Å². The van der Waals surface area contributed by atoms with E-state index in [4.69, 9.17) is 5.11 Å². The molecule has 1 aromatic rings. The van der Waals surface area contributed by atoms with Crippen LogP contribution >= 0.6 is 11.3 Å². The van der Waals surface area contributed by atoms with Crippen molar-refractivity contribution >= 4 is 23.2 Å². The molecule has 2 heterocycles. The van der Waals surface area contributed by atoms with Crippen LogP contribution in [0.25, 0.3) is 0 Å². The van der Waals surface area contributed by atoms with Gasteiger partial charge < -0.3 is 10.0 Å². The van der Waals surface area contributed by atoms with Gasteiger partial charge >= 0.3 is 5.97 Å². The van der Waals surface area contributed by atoms with Crippen molar-refractivity contribution in [1.82, 2.24) is 9.88 Å². The Balaban J connectivity index is 1.56. The SMILES string of the molecule is O=C(O)c1cnc(C2CCN(C(=O)C3CC=CCC3)CC2)s1. The lowest BCUT2D eigenvalue weighted by atomic mass is 9.91. The monoisotopic (exact) mass is 320 g/mol. The van der Waals surface area contributed by atoms with Gasteiger partial charge in [-0.2, -0.15) is 0 Å². The molecular weight excluding hydrogens is 300 g/mol. The molecule has 0 spiro atoms. The van der Waals surface area contributed by atoms with Crippen LogP contribution < -0.4 is 0 Å². The van der Waals surface area contributed by atoms with Crippen molar-refractivity contribution in [1.29, 1.82) is 0 Å². The summed E-state index contributed by atoms with van der Waals surface area (Å²) in [5.74, 6) is -0.191. The molecule has 1 amide bonds. The fourth-order valence-electron chi connectivity index (χ4n) is 3.20. The molecule has 0 bridgehead atoms. The van der Waals surface area contributed by atoms with Gasteiger partial charge in [-0.3, -0.25) is 4.79 Å². The smallest absolute Gasteiger partial charge is 0.347 e. The molecule has 22 heavy (non-hydrogen) atoms. The summed E-state index contributed by atoms with van der Waals surface area (Å²) in [7, 11) is 0. The first-order chi connectivity index (χ1) is 10.6. The Kier molecular flexibility index (Phi) is 4.57. The fraction of sp³-hybridized carbons (Fsp3) is 0.562. The first kappa shape index (κ1) is 15.2. The van der Waals surface area contributed by atoms with E-state index in [1.807, 2.05) is 4.90 Å². The third-order valence-corrected chi connectivity index (χ3v) is 5.66. The molecule has 1 unspecified atom stereocenters. The van der Waals surface area contributed by atoms with Crippen molar-refractivity contribution in [3.63, 3.8) is 0 Å². The summed E-state index contributed by atoms with van der Waals surface area (Å²) < 4.78 is 0. The second-order valence-corrected chi connectivity index (χ2v) is 7.01. The van der Waals surface area contributed by atoms with Gasteiger partial charge in [-0.25, -0.2) is 9.78 Å². The third-order valence-electron chi connectivity index (χ3n) is 4.51. The minimum Gasteiger partial charge on any atom is -0.477 e. The van der Waals surface area contributed by atoms with Crippen LogP contribution in [-0.4, -0.2) is 40.0 Å². The van der Waals surface area contributed by atoms with Crippen LogP contribution in [0.5, 0.6) is 0 Å². The largest absolute Gasteiger partial charge is 0.477 e. The number of carbonyl (C=O) groups excluding carboxylic acids is 1. The number of carboxylic acid groups (broad SMARTS) is 1. The molecule has 0 saturated carbocycles. The van der Waals surface area contributed by atoms with Crippen LogP contribution in [0.3, 0.4) is 0 Å². The number of rotatable bonds is 3. The van der Waals surface area contributed by atoms with Crippen molar-refractivity contribution in [2.24, 2.45) is 5.92 Å². The summed E-state index contributed by atoms with van der Waals surface area (Å²) in [5, 5.41) is 9.86. The topological polar surface area (TPSA) is 70.5 Å². The summed E-state index contributed by atoms with van der Waals surface area (Å²) >= 11 is 1.26. The quantitative estimate of drug-likeness (QED) is 0.869. The first-order valence-electron chi connectivity index (χ1n) is 7.78. The van der Waals surface area contributed by atoms with Gasteiger partial charge in [0.25, 0.3) is 0 Å². The standard InChI is InChI=1S/C16H20N2O3S/c19-15(12-4-2-1-3-5-12)18-8-6-11(7-9-18)14-17-10-13(22-14)16(20)21/h1-2,10-12H,3-9H2,(H,20,21). The molecule has 5 nitrogen and oxygen atoms in total. The summed E-state index contributed by atoms with van der Waals surface area (Å²) in [6.07, 6.45) is 10.3. The van der Waals surface area contributed by atoms with Crippen molar-refractivity contribution in [2.75, 3.05) is 13.1 Å². The number of amides is 1. The van der Waals surface area contributed by atoms with Crippen molar-refractivity contribution in [2.45, 2.75) is 38.0 Å². The van der Waals surface area contributed by atoms with Gasteiger partial charge in [-0.05, 0) is 32.1 Å². The summed E-state index contributed by atoms with van der Waals surface area (Å²) in [6, 6.07) is 0. The lowest BCUT2D eigenvalue weighted by Crippen LogP contribution is -2.41. The van der Waals surface area contributed by atoms with E-state index in [1.54, 1.807) is 0 Å². The molecule has 2 aliphatic rings. The lowest BCUT2D eigenvalue weighted by Gasteiger charge is -2.34. The summed E-state index contributed by atoms with van der Waals surface area (Å²) in [4.78, 5) is 29.9. The molecule has 1 fully saturated rings. The molecule has 1 aromatic heterocycles. The average molecular weight is 320 g/mol. The maximum absolute atomic E-state index is 12.5. The normalized spacial score (nSPS) is 22.7. The number of carbonyl (C=O) groups is 2. The Labute approximate surface area is 133 Å². The Bertz CT molecular complexity index is 588. The van der Waals surface area contributed by atoms with Crippen LogP contribution in [0.1, 0.15) is 52.7 Å². The van der Waals surface area contributed by atoms with E-state index in [2.05, 4.69) is 17.1 Å². The highest BCUT2D eigenvalue weighted by molar-refractivity contribution is 7.13. The molecule has 3 rings (SSSR count). The van der Waals surface area contributed by atoms with Gasteiger partial charge in [0.1, 0.15) is 4.88 Å². The maximum atomic E-state index is 12.5. The number of likely N-dealkylation sites (tertiary alicyclic amines) is 1. The van der Waals surface area contributed by atoms with Crippen molar-refractivity contribution in [3.8, 4) is 0 Å². The number of allylic oxidation sites excluding steroid dienone is 2. The molecule has 1 aliphatic heterocycles. The molecule has 6 heteroatoms. The number of hydrogen-bond acceptors (Lipinski definition) is 4. The van der Waals surface area contributed by atoms with Gasteiger partial charge in [0, 0.05) is 24.9 Å². The van der Waals surface area contributed by atoms with Gasteiger partial charge in [-0.15, -0.1) is 11.3 Å². The van der Waals surface area contributed by atoms with Crippen LogP contribution in [-0.2, 0) is 4.79 Å². The number of nitrogens with zero attached hydrogens (tertiary/aromatic N) is 2. The van der Waals surface area contributed by atoms with E-state index in [9.17, 15) is 9.59 Å². The summed E-state index contributed by atoms with van der Waals surface area (Å²) in [6.45, 7) is 1.51. The molecule has 118 valence electrons. The highest BCUT2D eigenvalue weighted by Gasteiger charge is 2.29. The number of piperidine rings is 1. The Morgan fingerprint density at radius 3 is 2.59 bits per heavy atom. The van der Waals surface area contributed by atoms with E-state index >= 15 is 0 Å². The Hall–Kier alpha value is -1.69. The van der Waals surface area contributed by atoms with E-state index in [0.29, 0.717) is 4.88 Å². The Morgan fingerprint density at radius 1 is 1.23 bits per heavy atom. The lowest BCUT2D eigenvalue weighted by molar-refractivity contribution is -0.136. The molecule has 1 atom stereocenters. The number of carboxylic acids is 1. The number of aromatic carboxylic acids is 1. The fourth-order valence-corrected chi connectivity index (χ4v) is 4.12.